The Bertz CT molecular complexity index is 588. The monoisotopic (exact) mass is 264 g/mol. The molecule has 0 radical (unpaired) electrons. The lowest BCUT2D eigenvalue weighted by Gasteiger charge is -2.33. The Balaban J connectivity index is 2.29. The summed E-state index contributed by atoms with van der Waals surface area (Å²) in [5.41, 5.74) is 0.927. The SMILES string of the molecule is C[C@H]1OC(=O)c2c3c(c(O)c(O)c21)OC(C)(C)CC3. The predicted octanol–water partition coefficient (Wildman–Crippen LogP) is 2.43. The topological polar surface area (TPSA) is 76.0 Å². The fraction of sp³-hybridized carbons (Fsp3) is 0.500. The fourth-order valence-corrected chi connectivity index (χ4v) is 2.78. The van der Waals surface area contributed by atoms with Crippen molar-refractivity contribution in [3.63, 3.8) is 0 Å². The second kappa shape index (κ2) is 3.56. The number of carbonyl (C=O) groups is 1. The normalized spacial score (nSPS) is 23.3. The van der Waals surface area contributed by atoms with Crippen molar-refractivity contribution in [2.24, 2.45) is 0 Å². The summed E-state index contributed by atoms with van der Waals surface area (Å²) in [7, 11) is 0. The van der Waals surface area contributed by atoms with Crippen LogP contribution in [-0.4, -0.2) is 21.8 Å². The molecule has 1 aromatic rings. The molecule has 2 aliphatic heterocycles. The summed E-state index contributed by atoms with van der Waals surface area (Å²) >= 11 is 0. The number of aromatic hydroxyl groups is 2. The minimum atomic E-state index is -0.548. The van der Waals surface area contributed by atoms with Crippen LogP contribution in [0.4, 0.5) is 0 Å². The van der Waals surface area contributed by atoms with Gasteiger partial charge < -0.3 is 19.7 Å². The molecule has 0 aliphatic carbocycles. The zero-order valence-corrected chi connectivity index (χ0v) is 11.1. The second-order valence-corrected chi connectivity index (χ2v) is 5.70. The summed E-state index contributed by atoms with van der Waals surface area (Å²) in [4.78, 5) is 11.9. The van der Waals surface area contributed by atoms with E-state index in [0.29, 0.717) is 23.1 Å². The second-order valence-electron chi connectivity index (χ2n) is 5.70. The van der Waals surface area contributed by atoms with Crippen molar-refractivity contribution in [1.29, 1.82) is 0 Å². The van der Waals surface area contributed by atoms with Gasteiger partial charge in [-0.1, -0.05) is 0 Å². The molecule has 0 fully saturated rings. The highest BCUT2D eigenvalue weighted by atomic mass is 16.6. The number of hydrogen-bond acceptors (Lipinski definition) is 5. The van der Waals surface area contributed by atoms with E-state index >= 15 is 0 Å². The van der Waals surface area contributed by atoms with Crippen LogP contribution in [0.25, 0.3) is 0 Å². The summed E-state index contributed by atoms with van der Waals surface area (Å²) in [5, 5.41) is 20.2. The number of phenolic OH excluding ortho intramolecular Hbond substituents is 2. The minimum Gasteiger partial charge on any atom is -0.504 e. The first-order valence-corrected chi connectivity index (χ1v) is 6.32. The lowest BCUT2D eigenvalue weighted by molar-refractivity contribution is 0.0416. The van der Waals surface area contributed by atoms with E-state index in [4.69, 9.17) is 9.47 Å². The maximum absolute atomic E-state index is 11.9. The van der Waals surface area contributed by atoms with Gasteiger partial charge in [-0.05, 0) is 33.6 Å². The van der Waals surface area contributed by atoms with Gasteiger partial charge in [0.15, 0.2) is 11.5 Å². The predicted molar refractivity (Wildman–Crippen MR) is 66.6 cm³/mol. The van der Waals surface area contributed by atoms with Crippen molar-refractivity contribution in [3.8, 4) is 17.2 Å². The number of esters is 1. The van der Waals surface area contributed by atoms with Crippen LogP contribution in [0.2, 0.25) is 0 Å². The van der Waals surface area contributed by atoms with E-state index in [-0.39, 0.29) is 17.2 Å². The molecule has 19 heavy (non-hydrogen) atoms. The molecule has 0 saturated carbocycles. The zero-order valence-electron chi connectivity index (χ0n) is 11.1. The molecule has 0 spiro atoms. The number of cyclic esters (lactones) is 1. The largest absolute Gasteiger partial charge is 0.504 e. The molecule has 5 nitrogen and oxygen atoms in total. The smallest absolute Gasteiger partial charge is 0.339 e. The Kier molecular flexibility index (Phi) is 2.27. The lowest BCUT2D eigenvalue weighted by atomic mass is 9.88. The molecule has 2 aliphatic rings. The van der Waals surface area contributed by atoms with Crippen LogP contribution in [0.3, 0.4) is 0 Å². The average molecular weight is 264 g/mol. The van der Waals surface area contributed by atoms with Crippen molar-refractivity contribution >= 4 is 5.97 Å². The van der Waals surface area contributed by atoms with E-state index in [1.54, 1.807) is 6.92 Å². The van der Waals surface area contributed by atoms with Crippen molar-refractivity contribution in [3.05, 3.63) is 16.7 Å². The highest BCUT2D eigenvalue weighted by Crippen LogP contribution is 2.52. The van der Waals surface area contributed by atoms with E-state index in [9.17, 15) is 15.0 Å². The van der Waals surface area contributed by atoms with E-state index in [1.165, 1.54) is 0 Å². The molecule has 2 heterocycles. The van der Waals surface area contributed by atoms with Crippen molar-refractivity contribution in [1.82, 2.24) is 0 Å². The van der Waals surface area contributed by atoms with Crippen LogP contribution >= 0.6 is 0 Å². The van der Waals surface area contributed by atoms with Crippen LogP contribution in [0.5, 0.6) is 17.2 Å². The first-order chi connectivity index (χ1) is 8.82. The molecule has 0 bridgehead atoms. The molecule has 1 aromatic carbocycles. The van der Waals surface area contributed by atoms with Crippen LogP contribution in [0.1, 0.15) is 54.8 Å². The molecule has 2 N–H and O–H groups in total. The maximum Gasteiger partial charge on any atom is 0.339 e. The van der Waals surface area contributed by atoms with Gasteiger partial charge in [0, 0.05) is 5.56 Å². The molecule has 102 valence electrons. The summed E-state index contributed by atoms with van der Waals surface area (Å²) in [6.07, 6.45) is 0.798. The van der Waals surface area contributed by atoms with Gasteiger partial charge in [-0.3, -0.25) is 0 Å². The quantitative estimate of drug-likeness (QED) is 0.556. The van der Waals surface area contributed by atoms with Crippen LogP contribution in [-0.2, 0) is 11.2 Å². The number of benzene rings is 1. The number of phenols is 2. The third-order valence-electron chi connectivity index (χ3n) is 3.79. The van der Waals surface area contributed by atoms with Gasteiger partial charge in [-0.15, -0.1) is 0 Å². The molecule has 0 saturated heterocycles. The zero-order chi connectivity index (χ0) is 13.9. The van der Waals surface area contributed by atoms with Gasteiger partial charge in [0.2, 0.25) is 5.75 Å². The van der Waals surface area contributed by atoms with E-state index in [1.807, 2.05) is 13.8 Å². The van der Waals surface area contributed by atoms with Crippen LogP contribution in [0.15, 0.2) is 0 Å². The average Bonchev–Trinajstić information content (AvgIpc) is 2.61. The Hall–Kier alpha value is -1.91. The number of hydrogen-bond donors (Lipinski definition) is 2. The molecule has 3 rings (SSSR count). The number of carbonyl (C=O) groups excluding carboxylic acids is 1. The minimum absolute atomic E-state index is 0.207. The maximum atomic E-state index is 11.9. The number of rotatable bonds is 0. The van der Waals surface area contributed by atoms with Gasteiger partial charge in [-0.25, -0.2) is 4.79 Å². The molecule has 5 heteroatoms. The van der Waals surface area contributed by atoms with Crippen LogP contribution < -0.4 is 4.74 Å². The fourth-order valence-electron chi connectivity index (χ4n) is 2.78. The highest BCUT2D eigenvalue weighted by molar-refractivity contribution is 5.98. The molecule has 1 atom stereocenters. The Labute approximate surface area is 110 Å². The van der Waals surface area contributed by atoms with Crippen molar-refractivity contribution in [2.75, 3.05) is 0 Å². The first-order valence-electron chi connectivity index (χ1n) is 6.32. The molecular weight excluding hydrogens is 248 g/mol. The Morgan fingerprint density at radius 3 is 2.63 bits per heavy atom. The summed E-state index contributed by atoms with van der Waals surface area (Å²) in [6, 6.07) is 0. The van der Waals surface area contributed by atoms with Gasteiger partial charge >= 0.3 is 5.97 Å². The van der Waals surface area contributed by atoms with Gasteiger partial charge in [0.25, 0.3) is 0 Å². The molecular formula is C14H16O5. The van der Waals surface area contributed by atoms with E-state index < -0.39 is 17.7 Å². The third-order valence-corrected chi connectivity index (χ3v) is 3.79. The van der Waals surface area contributed by atoms with Gasteiger partial charge in [0.1, 0.15) is 11.7 Å². The molecule has 0 amide bonds. The standard InChI is InChI=1S/C14H16O5/c1-6-8-9(13(17)18-6)7-4-5-14(2,3)19-12(7)11(16)10(8)15/h6,15-16H,4-5H2,1-3H3/t6-/m1/s1. The van der Waals surface area contributed by atoms with Crippen molar-refractivity contribution < 1.29 is 24.5 Å². The Morgan fingerprint density at radius 1 is 1.26 bits per heavy atom. The number of fused-ring (bicyclic) bond motifs is 3. The molecule has 0 unspecified atom stereocenters. The lowest BCUT2D eigenvalue weighted by Crippen LogP contribution is -2.33. The van der Waals surface area contributed by atoms with E-state index in [2.05, 4.69) is 0 Å². The van der Waals surface area contributed by atoms with Gasteiger partial charge in [-0.2, -0.15) is 0 Å². The van der Waals surface area contributed by atoms with Crippen molar-refractivity contribution in [2.45, 2.75) is 45.3 Å². The summed E-state index contributed by atoms with van der Waals surface area (Å²) < 4.78 is 10.8. The third kappa shape index (κ3) is 1.57. The summed E-state index contributed by atoms with van der Waals surface area (Å²) in [6.45, 7) is 5.48. The van der Waals surface area contributed by atoms with E-state index in [0.717, 1.165) is 6.42 Å². The Morgan fingerprint density at radius 2 is 1.95 bits per heavy atom. The van der Waals surface area contributed by atoms with Crippen LogP contribution in [0, 0.1) is 0 Å². The molecule has 0 aromatic heterocycles. The van der Waals surface area contributed by atoms with Gasteiger partial charge in [0.05, 0.1) is 11.1 Å². The first kappa shape index (κ1) is 12.1. The number of ether oxygens (including phenoxy) is 2. The highest BCUT2D eigenvalue weighted by Gasteiger charge is 2.41. The summed E-state index contributed by atoms with van der Waals surface area (Å²) in [5.74, 6) is -0.868.